The van der Waals surface area contributed by atoms with E-state index in [1.165, 1.54) is 270 Å². The van der Waals surface area contributed by atoms with Crippen LogP contribution in [0.2, 0.25) is 0 Å². The molecule has 0 fully saturated rings. The molecule has 73 heavy (non-hydrogen) atoms. The smallest absolute Gasteiger partial charge is 0.306 e. The first-order valence-corrected chi connectivity index (χ1v) is 32.8. The van der Waals surface area contributed by atoms with Crippen molar-refractivity contribution < 1.29 is 28.6 Å². The van der Waals surface area contributed by atoms with Crippen molar-refractivity contribution in [2.45, 2.75) is 374 Å². The second-order valence-electron chi connectivity index (χ2n) is 22.4. The molecular weight excluding hydrogens is 901 g/mol. The van der Waals surface area contributed by atoms with Crippen LogP contribution in [0.15, 0.2) is 24.3 Å². The lowest BCUT2D eigenvalue weighted by molar-refractivity contribution is -0.167. The summed E-state index contributed by atoms with van der Waals surface area (Å²) in [6.45, 7) is 6.69. The fourth-order valence-corrected chi connectivity index (χ4v) is 9.97. The molecule has 6 heteroatoms. The minimum absolute atomic E-state index is 0.0677. The fraction of sp³-hybridized carbons (Fsp3) is 0.896. The summed E-state index contributed by atoms with van der Waals surface area (Å²) in [5.74, 6) is -0.845. The van der Waals surface area contributed by atoms with Gasteiger partial charge in [-0.05, 0) is 70.6 Å². The monoisotopic (exact) mass is 1030 g/mol. The normalized spacial score (nSPS) is 12.1. The molecule has 0 aromatic heterocycles. The van der Waals surface area contributed by atoms with Crippen molar-refractivity contribution in [3.63, 3.8) is 0 Å². The van der Waals surface area contributed by atoms with Crippen LogP contribution in [0, 0.1) is 0 Å². The number of carbonyl (C=O) groups excluding carboxylic acids is 3. The maximum absolute atomic E-state index is 12.9. The van der Waals surface area contributed by atoms with Gasteiger partial charge in [0.05, 0.1) is 0 Å². The van der Waals surface area contributed by atoms with E-state index in [0.717, 1.165) is 57.8 Å². The van der Waals surface area contributed by atoms with Crippen molar-refractivity contribution in [2.75, 3.05) is 13.2 Å². The number of esters is 3. The molecule has 0 aromatic carbocycles. The van der Waals surface area contributed by atoms with Gasteiger partial charge < -0.3 is 14.2 Å². The first-order chi connectivity index (χ1) is 36.0. The van der Waals surface area contributed by atoms with Crippen molar-refractivity contribution in [3.05, 3.63) is 24.3 Å². The average Bonchev–Trinajstić information content (AvgIpc) is 3.39. The molecule has 430 valence electrons. The van der Waals surface area contributed by atoms with E-state index in [1.54, 1.807) is 0 Å². The van der Waals surface area contributed by atoms with Gasteiger partial charge in [-0.1, -0.05) is 302 Å². The van der Waals surface area contributed by atoms with Crippen LogP contribution in [0.3, 0.4) is 0 Å². The zero-order valence-corrected chi connectivity index (χ0v) is 49.4. The zero-order valence-electron chi connectivity index (χ0n) is 49.4. The van der Waals surface area contributed by atoms with E-state index in [-0.39, 0.29) is 31.1 Å². The lowest BCUT2D eigenvalue weighted by Crippen LogP contribution is -2.30. The van der Waals surface area contributed by atoms with Gasteiger partial charge in [0, 0.05) is 19.3 Å². The lowest BCUT2D eigenvalue weighted by Gasteiger charge is -2.18. The highest BCUT2D eigenvalue weighted by molar-refractivity contribution is 5.71. The lowest BCUT2D eigenvalue weighted by atomic mass is 10.0. The minimum Gasteiger partial charge on any atom is -0.462 e. The Balaban J connectivity index is 4.29. The molecular formula is C67H126O6. The third-order valence-electron chi connectivity index (χ3n) is 14.9. The van der Waals surface area contributed by atoms with Crippen molar-refractivity contribution in [1.29, 1.82) is 0 Å². The summed E-state index contributed by atoms with van der Waals surface area (Å²) in [6.07, 6.45) is 74.7. The quantitative estimate of drug-likeness (QED) is 0.0261. The van der Waals surface area contributed by atoms with Crippen LogP contribution in [0.5, 0.6) is 0 Å². The third kappa shape index (κ3) is 60.6. The molecule has 0 spiro atoms. The highest BCUT2D eigenvalue weighted by Gasteiger charge is 2.19. The van der Waals surface area contributed by atoms with Gasteiger partial charge in [-0.2, -0.15) is 0 Å². The summed E-state index contributed by atoms with van der Waals surface area (Å²) in [4.78, 5) is 38.3. The molecule has 6 nitrogen and oxygen atoms in total. The first-order valence-electron chi connectivity index (χ1n) is 32.8. The van der Waals surface area contributed by atoms with E-state index < -0.39 is 6.10 Å². The van der Waals surface area contributed by atoms with Gasteiger partial charge in [-0.3, -0.25) is 14.4 Å². The Labute approximate surface area is 455 Å². The molecule has 0 amide bonds. The van der Waals surface area contributed by atoms with Crippen LogP contribution in [-0.2, 0) is 28.6 Å². The van der Waals surface area contributed by atoms with Crippen LogP contribution in [0.25, 0.3) is 0 Å². The molecule has 0 aliphatic rings. The second-order valence-corrected chi connectivity index (χ2v) is 22.4. The van der Waals surface area contributed by atoms with Crippen molar-refractivity contribution in [2.24, 2.45) is 0 Å². The molecule has 0 saturated heterocycles. The predicted molar refractivity (Wildman–Crippen MR) is 316 cm³/mol. The molecule has 0 aliphatic carbocycles. The topological polar surface area (TPSA) is 78.9 Å². The Hall–Kier alpha value is -2.11. The Morgan fingerprint density at radius 1 is 0.260 bits per heavy atom. The predicted octanol–water partition coefficient (Wildman–Crippen LogP) is 22.2. The molecule has 0 saturated carbocycles. The standard InChI is InChI=1S/C67H126O6/c1-4-7-10-13-16-19-22-25-28-30-32-33-35-36-39-42-45-48-51-54-57-60-66(69)72-63-64(62-71-65(68)59-56-53-50-47-44-41-38-27-24-21-18-15-12-9-6-3)73-67(70)61-58-55-52-49-46-43-40-37-34-31-29-26-23-20-17-14-11-8-5-2/h21,24-25,28,64H,4-20,22-23,26-27,29-63H2,1-3H3/b24-21-,28-25-/t64-/m0/s1. The summed E-state index contributed by atoms with van der Waals surface area (Å²) in [5, 5.41) is 0. The number of hydrogen-bond acceptors (Lipinski definition) is 6. The van der Waals surface area contributed by atoms with Crippen LogP contribution < -0.4 is 0 Å². The summed E-state index contributed by atoms with van der Waals surface area (Å²) in [7, 11) is 0. The van der Waals surface area contributed by atoms with E-state index in [1.807, 2.05) is 0 Å². The maximum Gasteiger partial charge on any atom is 0.306 e. The summed E-state index contributed by atoms with van der Waals surface area (Å²) < 4.78 is 17.0. The van der Waals surface area contributed by atoms with Crippen molar-refractivity contribution in [1.82, 2.24) is 0 Å². The van der Waals surface area contributed by atoms with Crippen LogP contribution in [0.1, 0.15) is 367 Å². The summed E-state index contributed by atoms with van der Waals surface area (Å²) in [5.41, 5.74) is 0. The van der Waals surface area contributed by atoms with E-state index in [2.05, 4.69) is 45.1 Å². The van der Waals surface area contributed by atoms with Crippen molar-refractivity contribution >= 4 is 17.9 Å². The van der Waals surface area contributed by atoms with E-state index in [9.17, 15) is 14.4 Å². The largest absolute Gasteiger partial charge is 0.462 e. The minimum atomic E-state index is -0.770. The zero-order chi connectivity index (χ0) is 52.9. The fourth-order valence-electron chi connectivity index (χ4n) is 9.97. The number of hydrogen-bond donors (Lipinski definition) is 0. The molecule has 0 N–H and O–H groups in total. The third-order valence-corrected chi connectivity index (χ3v) is 14.9. The second kappa shape index (κ2) is 62.4. The molecule has 1 atom stereocenters. The van der Waals surface area contributed by atoms with Crippen LogP contribution in [0.4, 0.5) is 0 Å². The van der Waals surface area contributed by atoms with Crippen LogP contribution >= 0.6 is 0 Å². The van der Waals surface area contributed by atoms with Gasteiger partial charge in [-0.25, -0.2) is 0 Å². The van der Waals surface area contributed by atoms with Gasteiger partial charge in [0.2, 0.25) is 0 Å². The molecule has 0 rings (SSSR count). The van der Waals surface area contributed by atoms with Gasteiger partial charge in [0.1, 0.15) is 13.2 Å². The molecule has 0 radical (unpaired) electrons. The molecule has 0 bridgehead atoms. The van der Waals surface area contributed by atoms with Gasteiger partial charge >= 0.3 is 17.9 Å². The van der Waals surface area contributed by atoms with Gasteiger partial charge in [-0.15, -0.1) is 0 Å². The molecule has 0 aromatic rings. The first kappa shape index (κ1) is 70.9. The average molecular weight is 1030 g/mol. The van der Waals surface area contributed by atoms with E-state index in [0.29, 0.717) is 19.3 Å². The number of carbonyl (C=O) groups is 3. The highest BCUT2D eigenvalue weighted by atomic mass is 16.6. The molecule has 0 unspecified atom stereocenters. The van der Waals surface area contributed by atoms with E-state index in [4.69, 9.17) is 14.2 Å². The highest BCUT2D eigenvalue weighted by Crippen LogP contribution is 2.18. The number of ether oxygens (including phenoxy) is 3. The number of rotatable bonds is 61. The van der Waals surface area contributed by atoms with Gasteiger partial charge in [0.15, 0.2) is 6.10 Å². The molecule has 0 aliphatic heterocycles. The Bertz CT molecular complexity index is 1180. The van der Waals surface area contributed by atoms with E-state index >= 15 is 0 Å². The Kier molecular flexibility index (Phi) is 60.6. The van der Waals surface area contributed by atoms with Crippen LogP contribution in [-0.4, -0.2) is 37.2 Å². The Morgan fingerprint density at radius 2 is 0.452 bits per heavy atom. The molecule has 0 heterocycles. The van der Waals surface area contributed by atoms with Gasteiger partial charge in [0.25, 0.3) is 0 Å². The SMILES string of the molecule is CCCCCC/C=C\CCCCCCCCCC(=O)OC[C@@H](COC(=O)CCCCCCCCCCCCC/C=C\CCCCCCCC)OC(=O)CCCCCCCCCCCCCCCCCCCCC. The summed E-state index contributed by atoms with van der Waals surface area (Å²) in [6, 6.07) is 0. The number of unbranched alkanes of at least 4 members (excludes halogenated alkanes) is 46. The summed E-state index contributed by atoms with van der Waals surface area (Å²) >= 11 is 0. The number of allylic oxidation sites excluding steroid dienone is 4. The van der Waals surface area contributed by atoms with Crippen molar-refractivity contribution in [3.8, 4) is 0 Å². The maximum atomic E-state index is 12.9. The Morgan fingerprint density at radius 3 is 0.699 bits per heavy atom.